The van der Waals surface area contributed by atoms with E-state index in [1.807, 2.05) is 0 Å². The van der Waals surface area contributed by atoms with Gasteiger partial charge in [0.1, 0.15) is 0 Å². The summed E-state index contributed by atoms with van der Waals surface area (Å²) in [6.07, 6.45) is 2.67. The molecule has 0 aliphatic carbocycles. The van der Waals surface area contributed by atoms with Crippen LogP contribution in [0.5, 0.6) is 0 Å². The third-order valence-corrected chi connectivity index (χ3v) is 4.95. The molecule has 1 saturated heterocycles. The Kier molecular flexibility index (Phi) is 7.66. The van der Waals surface area contributed by atoms with Crippen molar-refractivity contribution in [2.45, 2.75) is 52.6 Å². The molecule has 1 rings (SSSR count). The molecule has 0 bridgehead atoms. The van der Waals surface area contributed by atoms with E-state index in [4.69, 9.17) is 0 Å². The van der Waals surface area contributed by atoms with E-state index in [2.05, 4.69) is 56.7 Å². The Hall–Kier alpha value is 0.270. The van der Waals surface area contributed by atoms with Crippen LogP contribution in [0.2, 0.25) is 0 Å². The third kappa shape index (κ3) is 5.50. The number of hydrogen-bond acceptors (Lipinski definition) is 3. The minimum absolute atomic E-state index is 0.668. The molecular formula is C15H32N2S. The highest BCUT2D eigenvalue weighted by molar-refractivity contribution is 7.99. The molecule has 1 heterocycles. The van der Waals surface area contributed by atoms with Crippen molar-refractivity contribution >= 4 is 11.8 Å². The average Bonchev–Trinajstić information content (AvgIpc) is 2.28. The third-order valence-electron chi connectivity index (χ3n) is 3.90. The van der Waals surface area contributed by atoms with Gasteiger partial charge in [0, 0.05) is 30.1 Å². The number of likely N-dealkylation sites (N-methyl/N-ethyl adjacent to an activating group) is 2. The van der Waals surface area contributed by atoms with Crippen LogP contribution in [0.3, 0.4) is 0 Å². The molecular weight excluding hydrogens is 240 g/mol. The summed E-state index contributed by atoms with van der Waals surface area (Å²) in [7, 11) is 2.29. The fourth-order valence-electron chi connectivity index (χ4n) is 3.10. The van der Waals surface area contributed by atoms with Gasteiger partial charge in [-0.15, -0.1) is 0 Å². The standard InChI is InChI=1S/C15H32N2S/c1-6-16-14(10-13(4)9-12(2)3)15-11-18-8-7-17(15)5/h12-16H,6-11H2,1-5H3. The van der Waals surface area contributed by atoms with Crippen LogP contribution in [-0.4, -0.2) is 48.6 Å². The number of rotatable bonds is 7. The minimum Gasteiger partial charge on any atom is -0.313 e. The van der Waals surface area contributed by atoms with Gasteiger partial charge in [-0.3, -0.25) is 0 Å². The maximum Gasteiger partial charge on any atom is 0.0337 e. The summed E-state index contributed by atoms with van der Waals surface area (Å²) in [6.45, 7) is 11.7. The van der Waals surface area contributed by atoms with Crippen LogP contribution in [0.25, 0.3) is 0 Å². The van der Waals surface area contributed by atoms with Gasteiger partial charge in [-0.25, -0.2) is 0 Å². The fraction of sp³-hybridized carbons (Fsp3) is 1.00. The van der Waals surface area contributed by atoms with Crippen molar-refractivity contribution in [1.82, 2.24) is 10.2 Å². The van der Waals surface area contributed by atoms with Crippen LogP contribution in [0.4, 0.5) is 0 Å². The molecule has 0 aromatic heterocycles. The highest BCUT2D eigenvalue weighted by atomic mass is 32.2. The van der Waals surface area contributed by atoms with Crippen LogP contribution < -0.4 is 5.32 Å². The van der Waals surface area contributed by atoms with Gasteiger partial charge in [-0.05, 0) is 38.3 Å². The first kappa shape index (κ1) is 16.3. The van der Waals surface area contributed by atoms with Gasteiger partial charge in [0.25, 0.3) is 0 Å². The molecule has 0 amide bonds. The van der Waals surface area contributed by atoms with Gasteiger partial charge in [-0.2, -0.15) is 11.8 Å². The predicted octanol–water partition coefficient (Wildman–Crippen LogP) is 3.08. The molecule has 108 valence electrons. The highest BCUT2D eigenvalue weighted by Crippen LogP contribution is 2.23. The lowest BCUT2D eigenvalue weighted by Crippen LogP contribution is -2.53. The lowest BCUT2D eigenvalue weighted by molar-refractivity contribution is 0.192. The summed E-state index contributed by atoms with van der Waals surface area (Å²) in [5.41, 5.74) is 0. The van der Waals surface area contributed by atoms with Crippen LogP contribution in [-0.2, 0) is 0 Å². The first-order valence-electron chi connectivity index (χ1n) is 7.55. The van der Waals surface area contributed by atoms with Crippen molar-refractivity contribution in [3.8, 4) is 0 Å². The highest BCUT2D eigenvalue weighted by Gasteiger charge is 2.28. The molecule has 1 aliphatic heterocycles. The molecule has 0 radical (unpaired) electrons. The lowest BCUT2D eigenvalue weighted by atomic mass is 9.90. The lowest BCUT2D eigenvalue weighted by Gasteiger charge is -2.39. The molecule has 3 atom stereocenters. The molecule has 2 nitrogen and oxygen atoms in total. The van der Waals surface area contributed by atoms with Gasteiger partial charge in [0.2, 0.25) is 0 Å². The predicted molar refractivity (Wildman–Crippen MR) is 84.4 cm³/mol. The Morgan fingerprint density at radius 2 is 2.00 bits per heavy atom. The van der Waals surface area contributed by atoms with E-state index in [1.54, 1.807) is 0 Å². The van der Waals surface area contributed by atoms with Gasteiger partial charge in [-0.1, -0.05) is 27.7 Å². The zero-order valence-electron chi connectivity index (χ0n) is 12.9. The van der Waals surface area contributed by atoms with E-state index in [9.17, 15) is 0 Å². The number of nitrogens with one attached hydrogen (secondary N) is 1. The summed E-state index contributed by atoms with van der Waals surface area (Å²) < 4.78 is 0. The van der Waals surface area contributed by atoms with E-state index in [0.717, 1.165) is 24.4 Å². The normalized spacial score (nSPS) is 25.3. The molecule has 0 saturated carbocycles. The Morgan fingerprint density at radius 1 is 1.28 bits per heavy atom. The van der Waals surface area contributed by atoms with E-state index >= 15 is 0 Å². The van der Waals surface area contributed by atoms with E-state index in [0.29, 0.717) is 6.04 Å². The van der Waals surface area contributed by atoms with Crippen LogP contribution in [0.1, 0.15) is 40.5 Å². The summed E-state index contributed by atoms with van der Waals surface area (Å²) >= 11 is 2.12. The smallest absolute Gasteiger partial charge is 0.0337 e. The minimum atomic E-state index is 0.668. The maximum absolute atomic E-state index is 3.73. The molecule has 1 fully saturated rings. The summed E-state index contributed by atoms with van der Waals surface area (Å²) in [5, 5.41) is 3.73. The molecule has 0 spiro atoms. The van der Waals surface area contributed by atoms with Crippen molar-refractivity contribution < 1.29 is 0 Å². The first-order valence-corrected chi connectivity index (χ1v) is 8.71. The van der Waals surface area contributed by atoms with Crippen molar-refractivity contribution in [2.24, 2.45) is 11.8 Å². The summed E-state index contributed by atoms with van der Waals surface area (Å²) in [4.78, 5) is 2.56. The van der Waals surface area contributed by atoms with Crippen molar-refractivity contribution in [2.75, 3.05) is 31.6 Å². The number of thioether (sulfide) groups is 1. The first-order chi connectivity index (χ1) is 8.54. The second-order valence-corrected chi connectivity index (χ2v) is 7.41. The summed E-state index contributed by atoms with van der Waals surface area (Å²) in [5.74, 6) is 4.24. The topological polar surface area (TPSA) is 15.3 Å². The molecule has 3 heteroatoms. The van der Waals surface area contributed by atoms with E-state index in [-0.39, 0.29) is 0 Å². The molecule has 18 heavy (non-hydrogen) atoms. The fourth-order valence-corrected chi connectivity index (χ4v) is 4.41. The van der Waals surface area contributed by atoms with E-state index in [1.165, 1.54) is 30.9 Å². The second kappa shape index (κ2) is 8.44. The Morgan fingerprint density at radius 3 is 2.56 bits per heavy atom. The van der Waals surface area contributed by atoms with Crippen molar-refractivity contribution in [3.63, 3.8) is 0 Å². The van der Waals surface area contributed by atoms with Gasteiger partial charge in [0.05, 0.1) is 0 Å². The maximum atomic E-state index is 3.73. The van der Waals surface area contributed by atoms with Crippen molar-refractivity contribution in [1.29, 1.82) is 0 Å². The molecule has 1 N–H and O–H groups in total. The van der Waals surface area contributed by atoms with Crippen LogP contribution in [0, 0.1) is 11.8 Å². The largest absolute Gasteiger partial charge is 0.313 e. The molecule has 1 aliphatic rings. The quantitative estimate of drug-likeness (QED) is 0.767. The molecule has 0 aromatic rings. The van der Waals surface area contributed by atoms with Gasteiger partial charge < -0.3 is 10.2 Å². The summed E-state index contributed by atoms with van der Waals surface area (Å²) in [6, 6.07) is 1.39. The monoisotopic (exact) mass is 272 g/mol. The number of nitrogens with zero attached hydrogens (tertiary/aromatic N) is 1. The molecule has 3 unspecified atom stereocenters. The zero-order chi connectivity index (χ0) is 13.5. The Balaban J connectivity index is 2.52. The average molecular weight is 273 g/mol. The second-order valence-electron chi connectivity index (χ2n) is 6.26. The van der Waals surface area contributed by atoms with E-state index < -0.39 is 0 Å². The van der Waals surface area contributed by atoms with Crippen molar-refractivity contribution in [3.05, 3.63) is 0 Å². The SMILES string of the molecule is CCNC(CC(C)CC(C)C)C1CSCCN1C. The Labute approximate surface area is 118 Å². The zero-order valence-corrected chi connectivity index (χ0v) is 13.7. The number of hydrogen-bond donors (Lipinski definition) is 1. The molecule has 0 aromatic carbocycles. The van der Waals surface area contributed by atoms with Gasteiger partial charge in [0.15, 0.2) is 0 Å². The Bertz CT molecular complexity index is 221. The van der Waals surface area contributed by atoms with Crippen LogP contribution >= 0.6 is 11.8 Å². The van der Waals surface area contributed by atoms with Crippen LogP contribution in [0.15, 0.2) is 0 Å². The van der Waals surface area contributed by atoms with Gasteiger partial charge >= 0.3 is 0 Å².